The minimum Gasteiger partial charge on any atom is -0.391 e. The molecule has 1 fully saturated rings. The smallest absolute Gasteiger partial charge is 0.143 e. The van der Waals surface area contributed by atoms with Gasteiger partial charge in [-0.15, -0.1) is 0 Å². The van der Waals surface area contributed by atoms with E-state index in [9.17, 15) is 0 Å². The van der Waals surface area contributed by atoms with Crippen LogP contribution < -0.4 is 0 Å². The maximum absolute atomic E-state index is 5.34. The average Bonchev–Trinajstić information content (AvgIpc) is 2.37. The van der Waals surface area contributed by atoms with Gasteiger partial charge in [0.15, 0.2) is 0 Å². The molecule has 4 atom stereocenters. The van der Waals surface area contributed by atoms with Gasteiger partial charge in [-0.2, -0.15) is 0 Å². The molecule has 0 aromatic rings. The topological polar surface area (TPSA) is 21.6 Å². The third kappa shape index (κ3) is 0.591. The average molecular weight is 161 g/mol. The normalized spacial score (nSPS) is 47.2. The summed E-state index contributed by atoms with van der Waals surface area (Å²) in [5, 5.41) is 4.03. The van der Waals surface area contributed by atoms with Crippen molar-refractivity contribution in [3.05, 3.63) is 24.3 Å². The first kappa shape index (κ1) is 6.46. The maximum Gasteiger partial charge on any atom is 0.143 e. The first-order valence-corrected chi connectivity index (χ1v) is 4.43. The van der Waals surface area contributed by atoms with Crippen molar-refractivity contribution in [3.8, 4) is 0 Å². The molecule has 2 heteroatoms. The Hall–Kier alpha value is -1.05. The van der Waals surface area contributed by atoms with Crippen LogP contribution in [-0.2, 0) is 4.84 Å². The Balaban J connectivity index is 1.93. The number of rotatable bonds is 0. The fraction of sp³-hybridized carbons (Fsp3) is 0.500. The van der Waals surface area contributed by atoms with Crippen LogP contribution >= 0.6 is 0 Å². The van der Waals surface area contributed by atoms with Gasteiger partial charge in [-0.1, -0.05) is 29.5 Å². The summed E-state index contributed by atoms with van der Waals surface area (Å²) in [6.45, 7) is 2.06. The zero-order valence-corrected chi connectivity index (χ0v) is 6.97. The van der Waals surface area contributed by atoms with Crippen LogP contribution in [0.2, 0.25) is 0 Å². The molecule has 0 saturated heterocycles. The van der Waals surface area contributed by atoms with Crippen LogP contribution in [0.4, 0.5) is 0 Å². The van der Waals surface area contributed by atoms with Crippen LogP contribution in [0.25, 0.3) is 0 Å². The van der Waals surface area contributed by atoms with Crippen molar-refractivity contribution in [2.75, 3.05) is 0 Å². The molecule has 1 saturated carbocycles. The zero-order valence-electron chi connectivity index (χ0n) is 6.97. The minimum absolute atomic E-state index is 0.344. The Morgan fingerprint density at radius 1 is 1.25 bits per heavy atom. The molecule has 1 aliphatic heterocycles. The molecule has 0 radical (unpaired) electrons. The summed E-state index contributed by atoms with van der Waals surface area (Å²) >= 11 is 0. The molecule has 2 nitrogen and oxygen atoms in total. The van der Waals surface area contributed by atoms with E-state index >= 15 is 0 Å². The van der Waals surface area contributed by atoms with Gasteiger partial charge in [0.1, 0.15) is 6.10 Å². The highest BCUT2D eigenvalue weighted by Gasteiger charge is 2.54. The van der Waals surface area contributed by atoms with Gasteiger partial charge in [0, 0.05) is 11.8 Å². The maximum atomic E-state index is 5.34. The van der Waals surface area contributed by atoms with E-state index in [1.807, 2.05) is 0 Å². The molecule has 0 amide bonds. The van der Waals surface area contributed by atoms with Crippen LogP contribution in [0.5, 0.6) is 0 Å². The molecular weight excluding hydrogens is 150 g/mol. The van der Waals surface area contributed by atoms with Gasteiger partial charge < -0.3 is 4.84 Å². The lowest BCUT2D eigenvalue weighted by Crippen LogP contribution is -2.50. The second-order valence-electron chi connectivity index (χ2n) is 3.75. The van der Waals surface area contributed by atoms with Gasteiger partial charge in [-0.3, -0.25) is 0 Å². The van der Waals surface area contributed by atoms with Gasteiger partial charge >= 0.3 is 0 Å². The Morgan fingerprint density at radius 2 is 2.00 bits per heavy atom. The van der Waals surface area contributed by atoms with Gasteiger partial charge in [0.05, 0.1) is 5.71 Å². The van der Waals surface area contributed by atoms with E-state index in [1.54, 1.807) is 0 Å². The fourth-order valence-corrected chi connectivity index (χ4v) is 2.50. The lowest BCUT2D eigenvalue weighted by molar-refractivity contribution is -0.0540. The molecule has 12 heavy (non-hydrogen) atoms. The molecule has 62 valence electrons. The Labute approximate surface area is 71.6 Å². The summed E-state index contributed by atoms with van der Waals surface area (Å²) in [7, 11) is 0. The minimum atomic E-state index is 0.344. The monoisotopic (exact) mass is 161 g/mol. The number of hydrogen-bond acceptors (Lipinski definition) is 2. The number of fused-ring (bicyclic) bond motifs is 4. The van der Waals surface area contributed by atoms with Crippen molar-refractivity contribution in [2.45, 2.75) is 13.0 Å². The van der Waals surface area contributed by atoms with Gasteiger partial charge in [-0.25, -0.2) is 0 Å². The van der Waals surface area contributed by atoms with Crippen LogP contribution in [0.1, 0.15) is 6.92 Å². The molecule has 4 unspecified atom stereocenters. The molecule has 3 aliphatic rings. The first-order chi connectivity index (χ1) is 5.88. The fourth-order valence-electron chi connectivity index (χ4n) is 2.50. The number of oxime groups is 1. The van der Waals surface area contributed by atoms with Crippen molar-refractivity contribution in [1.29, 1.82) is 0 Å². The van der Waals surface area contributed by atoms with Crippen LogP contribution in [0.15, 0.2) is 29.5 Å². The van der Waals surface area contributed by atoms with Crippen molar-refractivity contribution in [1.82, 2.24) is 0 Å². The summed E-state index contributed by atoms with van der Waals surface area (Å²) in [4.78, 5) is 5.34. The molecule has 3 rings (SSSR count). The Morgan fingerprint density at radius 3 is 2.83 bits per heavy atom. The molecule has 0 aromatic carbocycles. The molecule has 0 bridgehead atoms. The predicted octanol–water partition coefficient (Wildman–Crippen LogP) is 1.75. The lowest BCUT2D eigenvalue weighted by Gasteiger charge is -2.44. The van der Waals surface area contributed by atoms with Crippen LogP contribution in [0.3, 0.4) is 0 Å². The lowest BCUT2D eigenvalue weighted by atomic mass is 9.60. The molecule has 0 spiro atoms. The second-order valence-corrected chi connectivity index (χ2v) is 3.75. The molecular formula is C10H11NO. The van der Waals surface area contributed by atoms with Gasteiger partial charge in [0.25, 0.3) is 0 Å². The van der Waals surface area contributed by atoms with E-state index in [2.05, 4.69) is 36.4 Å². The summed E-state index contributed by atoms with van der Waals surface area (Å²) in [5.41, 5.74) is 1.17. The summed E-state index contributed by atoms with van der Waals surface area (Å²) < 4.78 is 0. The third-order valence-corrected chi connectivity index (χ3v) is 3.17. The van der Waals surface area contributed by atoms with Crippen molar-refractivity contribution in [3.63, 3.8) is 0 Å². The molecule has 2 aliphatic carbocycles. The van der Waals surface area contributed by atoms with E-state index in [-0.39, 0.29) is 0 Å². The van der Waals surface area contributed by atoms with E-state index in [0.29, 0.717) is 23.9 Å². The van der Waals surface area contributed by atoms with Gasteiger partial charge in [0.2, 0.25) is 0 Å². The van der Waals surface area contributed by atoms with Crippen LogP contribution in [0, 0.1) is 17.8 Å². The van der Waals surface area contributed by atoms with Crippen molar-refractivity contribution < 1.29 is 4.84 Å². The first-order valence-electron chi connectivity index (χ1n) is 4.43. The van der Waals surface area contributed by atoms with E-state index in [4.69, 9.17) is 4.84 Å². The quantitative estimate of drug-likeness (QED) is 0.530. The van der Waals surface area contributed by atoms with Gasteiger partial charge in [-0.05, 0) is 12.8 Å². The summed E-state index contributed by atoms with van der Waals surface area (Å²) in [6.07, 6.45) is 9.09. The Bertz CT molecular complexity index is 303. The number of hydrogen-bond donors (Lipinski definition) is 0. The molecule has 0 aromatic heterocycles. The van der Waals surface area contributed by atoms with E-state index < -0.39 is 0 Å². The van der Waals surface area contributed by atoms with E-state index in [0.717, 1.165) is 0 Å². The van der Waals surface area contributed by atoms with Crippen molar-refractivity contribution >= 4 is 5.71 Å². The largest absolute Gasteiger partial charge is 0.391 e. The highest BCUT2D eigenvalue weighted by molar-refractivity contribution is 5.87. The second kappa shape index (κ2) is 2.00. The number of allylic oxidation sites excluding steroid dienone is 3. The predicted molar refractivity (Wildman–Crippen MR) is 46.7 cm³/mol. The SMILES string of the molecule is CC1=NOC2C3C=CC=CC3C12. The summed E-state index contributed by atoms with van der Waals surface area (Å²) in [6, 6.07) is 0. The molecule has 0 N–H and O–H groups in total. The molecule has 1 heterocycles. The number of nitrogens with zero attached hydrogens (tertiary/aromatic N) is 1. The van der Waals surface area contributed by atoms with E-state index in [1.165, 1.54) is 5.71 Å². The zero-order chi connectivity index (χ0) is 8.13. The van der Waals surface area contributed by atoms with Crippen LogP contribution in [-0.4, -0.2) is 11.8 Å². The highest BCUT2D eigenvalue weighted by Crippen LogP contribution is 2.49. The standard InChI is InChI=1S/C10H11NO/c1-6-9-7-4-2-3-5-8(7)10(9)12-11-6/h2-5,7-10H,1H3. The third-order valence-electron chi connectivity index (χ3n) is 3.17. The Kier molecular flexibility index (Phi) is 1.08. The van der Waals surface area contributed by atoms with Crippen molar-refractivity contribution in [2.24, 2.45) is 22.9 Å². The summed E-state index contributed by atoms with van der Waals surface area (Å²) in [5.74, 6) is 1.81. The highest BCUT2D eigenvalue weighted by atomic mass is 16.6.